The monoisotopic (exact) mass is 256 g/mol. The number of carbonyl (C=O) groups is 1. The maximum absolute atomic E-state index is 11.5. The molecule has 3 atom stereocenters. The molecule has 18 heavy (non-hydrogen) atoms. The number of ether oxygens (including phenoxy) is 1. The van der Waals surface area contributed by atoms with E-state index in [0.717, 1.165) is 31.8 Å². The van der Waals surface area contributed by atoms with Crippen molar-refractivity contribution in [2.24, 2.45) is 17.6 Å². The fourth-order valence-corrected chi connectivity index (χ4v) is 3.02. The molecule has 0 aliphatic heterocycles. The molecule has 4 heteroatoms. The van der Waals surface area contributed by atoms with E-state index in [4.69, 9.17) is 10.5 Å². The van der Waals surface area contributed by atoms with Gasteiger partial charge in [0.25, 0.3) is 0 Å². The van der Waals surface area contributed by atoms with E-state index in [1.165, 1.54) is 20.0 Å². The van der Waals surface area contributed by atoms with Crippen molar-refractivity contribution in [3.05, 3.63) is 0 Å². The van der Waals surface area contributed by atoms with Gasteiger partial charge in [-0.1, -0.05) is 20.3 Å². The molecule has 1 saturated carbocycles. The lowest BCUT2D eigenvalue weighted by molar-refractivity contribution is -0.143. The molecule has 0 bridgehead atoms. The molecule has 0 saturated heterocycles. The highest BCUT2D eigenvalue weighted by molar-refractivity contribution is 5.71. The highest BCUT2D eigenvalue weighted by atomic mass is 16.5. The molecule has 0 spiro atoms. The Morgan fingerprint density at radius 1 is 1.44 bits per heavy atom. The second kappa shape index (κ2) is 7.74. The summed E-state index contributed by atoms with van der Waals surface area (Å²) in [5.41, 5.74) is 5.89. The third-order valence-electron chi connectivity index (χ3n) is 4.06. The number of nitrogens with two attached hydrogens (primary N) is 1. The van der Waals surface area contributed by atoms with Crippen LogP contribution in [0.2, 0.25) is 0 Å². The molecule has 1 aliphatic carbocycles. The zero-order chi connectivity index (χ0) is 13.5. The first-order valence-electron chi connectivity index (χ1n) is 7.13. The van der Waals surface area contributed by atoms with Gasteiger partial charge in [0.05, 0.1) is 13.7 Å². The summed E-state index contributed by atoms with van der Waals surface area (Å²) in [5.74, 6) is 1.12. The van der Waals surface area contributed by atoms with Gasteiger partial charge in [-0.3, -0.25) is 9.69 Å². The molecule has 2 N–H and O–H groups in total. The van der Waals surface area contributed by atoms with Crippen molar-refractivity contribution in [1.82, 2.24) is 4.90 Å². The van der Waals surface area contributed by atoms with E-state index < -0.39 is 0 Å². The third-order valence-corrected chi connectivity index (χ3v) is 4.06. The average molecular weight is 256 g/mol. The minimum absolute atomic E-state index is 0.141. The van der Waals surface area contributed by atoms with E-state index in [0.29, 0.717) is 18.5 Å². The van der Waals surface area contributed by atoms with Crippen LogP contribution in [0, 0.1) is 11.8 Å². The lowest BCUT2D eigenvalue weighted by atomic mass is 9.78. The standard InChI is InChI=1S/C14H28N2O2/c1-4-7-16(10-14(17)18-3)13-8-11(2)5-6-12(13)9-15/h11-13H,4-10,15H2,1-3H3. The molecule has 1 rings (SSSR count). The Hall–Kier alpha value is -0.610. The Kier molecular flexibility index (Phi) is 6.65. The second-order valence-electron chi connectivity index (χ2n) is 5.53. The lowest BCUT2D eigenvalue weighted by Gasteiger charge is -2.41. The largest absolute Gasteiger partial charge is 0.468 e. The van der Waals surface area contributed by atoms with E-state index in [9.17, 15) is 4.79 Å². The van der Waals surface area contributed by atoms with Gasteiger partial charge in [-0.2, -0.15) is 0 Å². The van der Waals surface area contributed by atoms with Crippen LogP contribution >= 0.6 is 0 Å². The summed E-state index contributed by atoms with van der Waals surface area (Å²) in [5, 5.41) is 0. The van der Waals surface area contributed by atoms with Crippen LogP contribution in [0.4, 0.5) is 0 Å². The molecule has 1 fully saturated rings. The summed E-state index contributed by atoms with van der Waals surface area (Å²) in [6, 6.07) is 0.442. The molecular formula is C14H28N2O2. The quantitative estimate of drug-likeness (QED) is 0.734. The average Bonchev–Trinajstić information content (AvgIpc) is 2.38. The van der Waals surface area contributed by atoms with E-state index in [2.05, 4.69) is 18.7 Å². The molecule has 4 nitrogen and oxygen atoms in total. The van der Waals surface area contributed by atoms with Crippen molar-refractivity contribution in [3.8, 4) is 0 Å². The highest BCUT2D eigenvalue weighted by Crippen LogP contribution is 2.31. The number of methoxy groups -OCH3 is 1. The van der Waals surface area contributed by atoms with Crippen LogP contribution in [0.25, 0.3) is 0 Å². The fourth-order valence-electron chi connectivity index (χ4n) is 3.02. The maximum atomic E-state index is 11.5. The summed E-state index contributed by atoms with van der Waals surface area (Å²) >= 11 is 0. The smallest absolute Gasteiger partial charge is 0.319 e. The van der Waals surface area contributed by atoms with Gasteiger partial charge in [0, 0.05) is 6.04 Å². The predicted octanol–water partition coefficient (Wildman–Crippen LogP) is 1.63. The van der Waals surface area contributed by atoms with Crippen molar-refractivity contribution in [2.45, 2.75) is 45.6 Å². The molecule has 0 aromatic heterocycles. The first-order valence-corrected chi connectivity index (χ1v) is 7.13. The first-order chi connectivity index (χ1) is 8.62. The van der Waals surface area contributed by atoms with Crippen molar-refractivity contribution in [3.63, 3.8) is 0 Å². The number of rotatable bonds is 6. The molecular weight excluding hydrogens is 228 g/mol. The van der Waals surface area contributed by atoms with Crippen molar-refractivity contribution in [2.75, 3.05) is 26.7 Å². The van der Waals surface area contributed by atoms with Gasteiger partial charge in [0.2, 0.25) is 0 Å². The number of hydrogen-bond donors (Lipinski definition) is 1. The fraction of sp³-hybridized carbons (Fsp3) is 0.929. The van der Waals surface area contributed by atoms with Gasteiger partial charge >= 0.3 is 5.97 Å². The third kappa shape index (κ3) is 4.25. The molecule has 3 unspecified atom stereocenters. The number of esters is 1. The van der Waals surface area contributed by atoms with Crippen LogP contribution < -0.4 is 5.73 Å². The molecule has 1 aliphatic rings. The zero-order valence-electron chi connectivity index (χ0n) is 12.0. The molecule has 0 aromatic rings. The molecule has 0 aromatic carbocycles. The SMILES string of the molecule is CCCN(CC(=O)OC)C1CC(C)CCC1CN. The molecule has 0 radical (unpaired) electrons. The van der Waals surface area contributed by atoms with Crippen LogP contribution in [-0.4, -0.2) is 43.7 Å². The van der Waals surface area contributed by atoms with E-state index in [1.807, 2.05) is 0 Å². The molecule has 0 amide bonds. The summed E-state index contributed by atoms with van der Waals surface area (Å²) in [6.07, 6.45) is 4.65. The summed E-state index contributed by atoms with van der Waals surface area (Å²) in [4.78, 5) is 13.8. The van der Waals surface area contributed by atoms with Gasteiger partial charge in [-0.25, -0.2) is 0 Å². The summed E-state index contributed by atoms with van der Waals surface area (Å²) < 4.78 is 4.80. The maximum Gasteiger partial charge on any atom is 0.319 e. The second-order valence-corrected chi connectivity index (χ2v) is 5.53. The Morgan fingerprint density at radius 2 is 2.17 bits per heavy atom. The van der Waals surface area contributed by atoms with Crippen LogP contribution in [0.1, 0.15) is 39.5 Å². The predicted molar refractivity (Wildman–Crippen MR) is 73.2 cm³/mol. The number of nitrogens with zero attached hydrogens (tertiary/aromatic N) is 1. The van der Waals surface area contributed by atoms with Crippen LogP contribution in [0.15, 0.2) is 0 Å². The lowest BCUT2D eigenvalue weighted by Crippen LogP contribution is -2.48. The van der Waals surface area contributed by atoms with Crippen LogP contribution in [0.3, 0.4) is 0 Å². The summed E-state index contributed by atoms with van der Waals surface area (Å²) in [6.45, 7) is 6.51. The topological polar surface area (TPSA) is 55.6 Å². The number of carbonyl (C=O) groups excluding carboxylic acids is 1. The highest BCUT2D eigenvalue weighted by Gasteiger charge is 2.32. The minimum atomic E-state index is -0.141. The van der Waals surface area contributed by atoms with Gasteiger partial charge < -0.3 is 10.5 Å². The Labute approximate surface area is 111 Å². The van der Waals surface area contributed by atoms with Gasteiger partial charge in [-0.15, -0.1) is 0 Å². The van der Waals surface area contributed by atoms with Gasteiger partial charge in [0.1, 0.15) is 0 Å². The zero-order valence-corrected chi connectivity index (χ0v) is 12.0. The van der Waals surface area contributed by atoms with E-state index >= 15 is 0 Å². The van der Waals surface area contributed by atoms with Crippen molar-refractivity contribution in [1.29, 1.82) is 0 Å². The minimum Gasteiger partial charge on any atom is -0.468 e. The first kappa shape index (κ1) is 15.4. The van der Waals surface area contributed by atoms with Crippen molar-refractivity contribution < 1.29 is 9.53 Å². The van der Waals surface area contributed by atoms with Gasteiger partial charge in [-0.05, 0) is 44.2 Å². The number of hydrogen-bond acceptors (Lipinski definition) is 4. The Balaban J connectivity index is 2.70. The van der Waals surface area contributed by atoms with E-state index in [-0.39, 0.29) is 5.97 Å². The normalized spacial score (nSPS) is 28.4. The van der Waals surface area contributed by atoms with Crippen LogP contribution in [-0.2, 0) is 9.53 Å². The van der Waals surface area contributed by atoms with Crippen LogP contribution in [0.5, 0.6) is 0 Å². The molecule has 106 valence electrons. The Bertz CT molecular complexity index is 258. The summed E-state index contributed by atoms with van der Waals surface area (Å²) in [7, 11) is 1.45. The van der Waals surface area contributed by atoms with E-state index in [1.54, 1.807) is 0 Å². The molecule has 0 heterocycles. The Morgan fingerprint density at radius 3 is 2.72 bits per heavy atom. The van der Waals surface area contributed by atoms with Gasteiger partial charge in [0.15, 0.2) is 0 Å². The van der Waals surface area contributed by atoms with Crippen molar-refractivity contribution >= 4 is 5.97 Å².